The van der Waals surface area contributed by atoms with Crippen LogP contribution in [0.3, 0.4) is 0 Å². The minimum atomic E-state index is -0.575. The molecule has 140 valence electrons. The maximum Gasteiger partial charge on any atom is 0.410 e. The molecule has 1 rings (SSSR count). The predicted octanol–water partition coefficient (Wildman–Crippen LogP) is 3.92. The zero-order valence-electron chi connectivity index (χ0n) is 16.2. The van der Waals surface area contributed by atoms with Crippen LogP contribution >= 0.6 is 0 Å². The van der Waals surface area contributed by atoms with Crippen molar-refractivity contribution < 1.29 is 23.8 Å². The molecular formula is C19H29NO5. The summed E-state index contributed by atoms with van der Waals surface area (Å²) >= 11 is 0. The molecule has 0 N–H and O–H groups in total. The van der Waals surface area contributed by atoms with Crippen LogP contribution in [0.25, 0.3) is 0 Å². The summed E-state index contributed by atoms with van der Waals surface area (Å²) in [7, 11) is 3.07. The van der Waals surface area contributed by atoms with E-state index in [9.17, 15) is 9.59 Å². The van der Waals surface area contributed by atoms with Gasteiger partial charge in [-0.05, 0) is 46.8 Å². The number of ketones is 1. The van der Waals surface area contributed by atoms with Crippen LogP contribution in [0.5, 0.6) is 11.5 Å². The van der Waals surface area contributed by atoms with Crippen molar-refractivity contribution in [2.75, 3.05) is 20.8 Å². The van der Waals surface area contributed by atoms with Crippen LogP contribution < -0.4 is 9.47 Å². The average molecular weight is 351 g/mol. The van der Waals surface area contributed by atoms with Gasteiger partial charge in [-0.2, -0.15) is 0 Å². The second kappa shape index (κ2) is 8.74. The first-order valence-electron chi connectivity index (χ1n) is 8.33. The molecule has 0 aromatic heterocycles. The number of carbonyl (C=O) groups excluding carboxylic acids is 2. The minimum absolute atomic E-state index is 0.0671. The first-order valence-corrected chi connectivity index (χ1v) is 8.33. The summed E-state index contributed by atoms with van der Waals surface area (Å²) in [5.41, 5.74) is -0.0851. The second-order valence-corrected chi connectivity index (χ2v) is 7.04. The number of rotatable bonds is 7. The van der Waals surface area contributed by atoms with Gasteiger partial charge in [-0.25, -0.2) is 4.79 Å². The summed E-state index contributed by atoms with van der Waals surface area (Å²) in [4.78, 5) is 26.4. The Hall–Kier alpha value is -2.24. The zero-order chi connectivity index (χ0) is 19.2. The largest absolute Gasteiger partial charge is 0.497 e. The standard InChI is InChI=1S/C19H29NO5/c1-13(2)20(18(22)25-19(3,4)5)9-8-17(21)14-10-15(23-6)12-16(11-14)24-7/h10-13H,8-9H2,1-7H3. The number of amides is 1. The number of hydrogen-bond acceptors (Lipinski definition) is 5. The molecule has 0 fully saturated rings. The Labute approximate surface area is 150 Å². The van der Waals surface area contributed by atoms with E-state index in [1.807, 2.05) is 34.6 Å². The number of methoxy groups -OCH3 is 2. The Morgan fingerprint density at radius 1 is 1.04 bits per heavy atom. The van der Waals surface area contributed by atoms with Crippen LogP contribution in [-0.4, -0.2) is 49.2 Å². The third-order valence-corrected chi connectivity index (χ3v) is 3.50. The van der Waals surface area contributed by atoms with E-state index in [2.05, 4.69) is 0 Å². The molecule has 25 heavy (non-hydrogen) atoms. The summed E-state index contributed by atoms with van der Waals surface area (Å²) in [6.07, 6.45) is -0.230. The normalized spacial score (nSPS) is 11.2. The Bertz CT molecular complexity index is 582. The molecule has 0 radical (unpaired) electrons. The lowest BCUT2D eigenvalue weighted by Gasteiger charge is -2.30. The number of ether oxygens (including phenoxy) is 3. The number of Topliss-reactive ketones (excluding diaryl/α,β-unsaturated/α-hetero) is 1. The van der Waals surface area contributed by atoms with Gasteiger partial charge >= 0.3 is 6.09 Å². The molecule has 0 bridgehead atoms. The molecule has 0 aliphatic rings. The van der Waals surface area contributed by atoms with E-state index in [1.54, 1.807) is 23.1 Å². The van der Waals surface area contributed by atoms with Gasteiger partial charge in [0, 0.05) is 30.6 Å². The van der Waals surface area contributed by atoms with Crippen LogP contribution in [-0.2, 0) is 4.74 Å². The van der Waals surface area contributed by atoms with Crippen molar-refractivity contribution >= 4 is 11.9 Å². The molecule has 0 saturated carbocycles. The molecule has 1 amide bonds. The molecule has 6 nitrogen and oxygen atoms in total. The smallest absolute Gasteiger partial charge is 0.410 e. The summed E-state index contributed by atoms with van der Waals surface area (Å²) in [6, 6.07) is 4.97. The molecule has 0 atom stereocenters. The highest BCUT2D eigenvalue weighted by atomic mass is 16.6. The Kier molecular flexibility index (Phi) is 7.27. The van der Waals surface area contributed by atoms with E-state index in [1.165, 1.54) is 14.2 Å². The van der Waals surface area contributed by atoms with Crippen molar-refractivity contribution in [3.05, 3.63) is 23.8 Å². The molecule has 6 heteroatoms. The summed E-state index contributed by atoms with van der Waals surface area (Å²) in [5.74, 6) is 1.01. The van der Waals surface area contributed by atoms with Crippen molar-refractivity contribution in [1.82, 2.24) is 4.90 Å². The molecule has 0 aliphatic heterocycles. The fraction of sp³-hybridized carbons (Fsp3) is 0.579. The molecule has 1 aromatic rings. The minimum Gasteiger partial charge on any atom is -0.497 e. The first-order chi connectivity index (χ1) is 11.6. The highest BCUT2D eigenvalue weighted by Gasteiger charge is 2.24. The lowest BCUT2D eigenvalue weighted by Crippen LogP contribution is -2.42. The van der Waals surface area contributed by atoms with Crippen LogP contribution in [0.15, 0.2) is 18.2 Å². The summed E-state index contributed by atoms with van der Waals surface area (Å²) in [6.45, 7) is 9.52. The van der Waals surface area contributed by atoms with Gasteiger partial charge in [-0.15, -0.1) is 0 Å². The van der Waals surface area contributed by atoms with Crippen LogP contribution in [0.1, 0.15) is 51.4 Å². The molecule has 0 heterocycles. The SMILES string of the molecule is COc1cc(OC)cc(C(=O)CCN(C(=O)OC(C)(C)C)C(C)C)c1. The van der Waals surface area contributed by atoms with Crippen LogP contribution in [0.2, 0.25) is 0 Å². The Morgan fingerprint density at radius 2 is 1.56 bits per heavy atom. The van der Waals surface area contributed by atoms with E-state index >= 15 is 0 Å². The highest BCUT2D eigenvalue weighted by Crippen LogP contribution is 2.23. The van der Waals surface area contributed by atoms with Gasteiger partial charge in [0.2, 0.25) is 0 Å². The quantitative estimate of drug-likeness (QED) is 0.697. The maximum atomic E-state index is 12.5. The first kappa shape index (κ1) is 20.8. The summed E-state index contributed by atoms with van der Waals surface area (Å²) in [5, 5.41) is 0. The maximum absolute atomic E-state index is 12.5. The molecule has 1 aromatic carbocycles. The van der Waals surface area contributed by atoms with Crippen LogP contribution in [0.4, 0.5) is 4.79 Å². The highest BCUT2D eigenvalue weighted by molar-refractivity contribution is 5.97. The van der Waals surface area contributed by atoms with Crippen molar-refractivity contribution in [3.63, 3.8) is 0 Å². The average Bonchev–Trinajstić information content (AvgIpc) is 2.52. The van der Waals surface area contributed by atoms with Crippen molar-refractivity contribution in [1.29, 1.82) is 0 Å². The predicted molar refractivity (Wildman–Crippen MR) is 96.6 cm³/mol. The van der Waals surface area contributed by atoms with Gasteiger partial charge in [0.15, 0.2) is 5.78 Å². The van der Waals surface area contributed by atoms with E-state index in [0.29, 0.717) is 17.1 Å². The zero-order valence-corrected chi connectivity index (χ0v) is 16.2. The van der Waals surface area contributed by atoms with E-state index < -0.39 is 11.7 Å². The van der Waals surface area contributed by atoms with Crippen molar-refractivity contribution in [3.8, 4) is 11.5 Å². The molecule has 0 spiro atoms. The molecular weight excluding hydrogens is 322 g/mol. The third-order valence-electron chi connectivity index (χ3n) is 3.50. The number of carbonyl (C=O) groups is 2. The van der Waals surface area contributed by atoms with Gasteiger partial charge in [-0.3, -0.25) is 4.79 Å². The number of hydrogen-bond donors (Lipinski definition) is 0. The van der Waals surface area contributed by atoms with Gasteiger partial charge < -0.3 is 19.1 Å². The second-order valence-electron chi connectivity index (χ2n) is 7.04. The fourth-order valence-corrected chi connectivity index (χ4v) is 2.22. The van der Waals surface area contributed by atoms with Gasteiger partial charge in [0.25, 0.3) is 0 Å². The summed E-state index contributed by atoms with van der Waals surface area (Å²) < 4.78 is 15.8. The van der Waals surface area contributed by atoms with E-state index in [0.717, 1.165) is 0 Å². The lowest BCUT2D eigenvalue weighted by molar-refractivity contribution is 0.0191. The van der Waals surface area contributed by atoms with Gasteiger partial charge in [0.1, 0.15) is 17.1 Å². The fourth-order valence-electron chi connectivity index (χ4n) is 2.22. The molecule has 0 aliphatic carbocycles. The Morgan fingerprint density at radius 3 is 1.96 bits per heavy atom. The Balaban J connectivity index is 2.83. The van der Waals surface area contributed by atoms with Gasteiger partial charge in [0.05, 0.1) is 14.2 Å². The van der Waals surface area contributed by atoms with E-state index in [-0.39, 0.29) is 24.8 Å². The topological polar surface area (TPSA) is 65.1 Å². The lowest BCUT2D eigenvalue weighted by atomic mass is 10.1. The molecule has 0 saturated heterocycles. The number of benzene rings is 1. The van der Waals surface area contributed by atoms with Gasteiger partial charge in [-0.1, -0.05) is 0 Å². The van der Waals surface area contributed by atoms with Crippen LogP contribution in [0, 0.1) is 0 Å². The van der Waals surface area contributed by atoms with Crippen molar-refractivity contribution in [2.24, 2.45) is 0 Å². The monoisotopic (exact) mass is 351 g/mol. The third kappa shape index (κ3) is 6.64. The number of nitrogens with zero attached hydrogens (tertiary/aromatic N) is 1. The van der Waals surface area contributed by atoms with Crippen molar-refractivity contribution in [2.45, 2.75) is 52.7 Å². The van der Waals surface area contributed by atoms with E-state index in [4.69, 9.17) is 14.2 Å². The molecule has 0 unspecified atom stereocenters.